The van der Waals surface area contributed by atoms with Gasteiger partial charge in [-0.05, 0) is 36.4 Å². The van der Waals surface area contributed by atoms with Crippen LogP contribution >= 0.6 is 0 Å². The van der Waals surface area contributed by atoms with E-state index >= 15 is 0 Å². The molecule has 8 nitrogen and oxygen atoms in total. The Labute approximate surface area is 192 Å². The highest BCUT2D eigenvalue weighted by atomic mass is 19.3. The molecule has 0 aliphatic rings. The molecule has 0 aliphatic carbocycles. The summed E-state index contributed by atoms with van der Waals surface area (Å²) in [6, 6.07) is 12.8. The van der Waals surface area contributed by atoms with Crippen molar-refractivity contribution in [2.75, 3.05) is 5.32 Å². The molecule has 0 saturated carbocycles. The standard InChI is InChI=1S/C24H18F2N6O2/c25-19(26)11-15(18-12-27-13-34-18)24(33)32-20-10-14(6-9-29-20)22-21(16-4-1-2-7-28-16)23-17(31-22)5-3-8-30-23/h1-10,12-13,15,19,31H,11H2,(H,29,32,33). The molecule has 5 heterocycles. The number of rotatable bonds is 7. The fourth-order valence-corrected chi connectivity index (χ4v) is 3.79. The number of carbonyl (C=O) groups is 1. The van der Waals surface area contributed by atoms with Gasteiger partial charge in [-0.25, -0.2) is 18.7 Å². The van der Waals surface area contributed by atoms with E-state index in [1.807, 2.05) is 30.3 Å². The molecule has 5 aromatic rings. The number of carbonyl (C=O) groups excluding carboxylic acids is 1. The molecule has 5 rings (SSSR count). The number of alkyl halides is 2. The minimum absolute atomic E-state index is 0.0630. The summed E-state index contributed by atoms with van der Waals surface area (Å²) < 4.78 is 31.3. The number of aromatic amines is 1. The highest BCUT2D eigenvalue weighted by Gasteiger charge is 2.28. The molecule has 1 amide bonds. The van der Waals surface area contributed by atoms with Crippen molar-refractivity contribution in [3.63, 3.8) is 0 Å². The SMILES string of the molecule is O=C(Nc1cc(-c2[nH]c3cccnc3c2-c2ccccn2)ccn1)C(CC(F)F)c1cnco1. The molecule has 0 saturated heterocycles. The zero-order valence-electron chi connectivity index (χ0n) is 17.7. The highest BCUT2D eigenvalue weighted by molar-refractivity contribution is 6.01. The van der Waals surface area contributed by atoms with Gasteiger partial charge in [-0.15, -0.1) is 0 Å². The molecular formula is C24H18F2N6O2. The average molecular weight is 460 g/mol. The van der Waals surface area contributed by atoms with Gasteiger partial charge in [0.05, 0.1) is 34.2 Å². The van der Waals surface area contributed by atoms with Crippen LogP contribution in [0.1, 0.15) is 18.1 Å². The van der Waals surface area contributed by atoms with Crippen molar-refractivity contribution < 1.29 is 18.0 Å². The number of fused-ring (bicyclic) bond motifs is 1. The summed E-state index contributed by atoms with van der Waals surface area (Å²) in [4.78, 5) is 33.1. The van der Waals surface area contributed by atoms with Gasteiger partial charge in [0.1, 0.15) is 17.5 Å². The summed E-state index contributed by atoms with van der Waals surface area (Å²) in [6.45, 7) is 0. The van der Waals surface area contributed by atoms with Gasteiger partial charge in [-0.2, -0.15) is 0 Å². The lowest BCUT2D eigenvalue weighted by Crippen LogP contribution is -2.23. The second kappa shape index (κ2) is 9.18. The maximum Gasteiger partial charge on any atom is 0.239 e. The number of hydrogen-bond donors (Lipinski definition) is 2. The topological polar surface area (TPSA) is 110 Å². The highest BCUT2D eigenvalue weighted by Crippen LogP contribution is 2.36. The Morgan fingerprint density at radius 3 is 2.71 bits per heavy atom. The van der Waals surface area contributed by atoms with Gasteiger partial charge in [0, 0.05) is 30.6 Å². The monoisotopic (exact) mass is 460 g/mol. The maximum atomic E-state index is 13.1. The lowest BCUT2D eigenvalue weighted by atomic mass is 10.0. The first-order valence-corrected chi connectivity index (χ1v) is 10.4. The van der Waals surface area contributed by atoms with Crippen LogP contribution in [0.25, 0.3) is 33.5 Å². The number of hydrogen-bond acceptors (Lipinski definition) is 6. The average Bonchev–Trinajstić information content (AvgIpc) is 3.51. The van der Waals surface area contributed by atoms with Crippen LogP contribution in [0.15, 0.2) is 78.1 Å². The summed E-state index contributed by atoms with van der Waals surface area (Å²) in [5, 5.41) is 2.62. The van der Waals surface area contributed by atoms with Crippen molar-refractivity contribution in [1.29, 1.82) is 0 Å². The number of aromatic nitrogens is 5. The van der Waals surface area contributed by atoms with Crippen LogP contribution in [0.4, 0.5) is 14.6 Å². The van der Waals surface area contributed by atoms with Crippen molar-refractivity contribution >= 4 is 22.8 Å². The number of H-pyrrole nitrogens is 1. The molecule has 34 heavy (non-hydrogen) atoms. The van der Waals surface area contributed by atoms with Crippen molar-refractivity contribution in [1.82, 2.24) is 24.9 Å². The van der Waals surface area contributed by atoms with Crippen molar-refractivity contribution in [3.05, 3.63) is 79.4 Å². The summed E-state index contributed by atoms with van der Waals surface area (Å²) in [6.07, 6.45) is 3.90. The van der Waals surface area contributed by atoms with E-state index in [4.69, 9.17) is 4.42 Å². The van der Waals surface area contributed by atoms with E-state index in [0.29, 0.717) is 5.56 Å². The predicted molar refractivity (Wildman–Crippen MR) is 121 cm³/mol. The van der Waals surface area contributed by atoms with Gasteiger partial charge in [0.2, 0.25) is 12.3 Å². The molecule has 0 spiro atoms. The Morgan fingerprint density at radius 1 is 1.06 bits per heavy atom. The Kier molecular flexibility index (Phi) is 5.77. The van der Waals surface area contributed by atoms with E-state index in [1.54, 1.807) is 24.5 Å². The number of amides is 1. The molecule has 10 heteroatoms. The number of halogens is 2. The number of oxazole rings is 1. The number of nitrogens with one attached hydrogen (secondary N) is 2. The Hall–Kier alpha value is -4.47. The molecule has 2 N–H and O–H groups in total. The molecule has 0 aromatic carbocycles. The molecule has 0 bridgehead atoms. The third kappa shape index (κ3) is 4.25. The second-order valence-electron chi connectivity index (χ2n) is 7.49. The van der Waals surface area contributed by atoms with Crippen LogP contribution < -0.4 is 5.32 Å². The minimum atomic E-state index is -2.69. The van der Waals surface area contributed by atoms with Gasteiger partial charge < -0.3 is 14.7 Å². The molecule has 0 radical (unpaired) electrons. The fourth-order valence-electron chi connectivity index (χ4n) is 3.79. The zero-order valence-corrected chi connectivity index (χ0v) is 17.7. The third-order valence-corrected chi connectivity index (χ3v) is 5.30. The second-order valence-corrected chi connectivity index (χ2v) is 7.49. The van der Waals surface area contributed by atoms with Gasteiger partial charge in [0.25, 0.3) is 0 Å². The first-order chi connectivity index (χ1) is 16.6. The van der Waals surface area contributed by atoms with Crippen LogP contribution in [0.2, 0.25) is 0 Å². The Morgan fingerprint density at radius 2 is 1.94 bits per heavy atom. The predicted octanol–water partition coefficient (Wildman–Crippen LogP) is 5.05. The largest absolute Gasteiger partial charge is 0.448 e. The summed E-state index contributed by atoms with van der Waals surface area (Å²) in [5.74, 6) is -1.59. The fraction of sp³-hybridized carbons (Fsp3) is 0.125. The van der Waals surface area contributed by atoms with E-state index < -0.39 is 24.7 Å². The van der Waals surface area contributed by atoms with Crippen molar-refractivity contribution in [2.45, 2.75) is 18.8 Å². The summed E-state index contributed by atoms with van der Waals surface area (Å²) in [5.41, 5.74) is 4.56. The summed E-state index contributed by atoms with van der Waals surface area (Å²) in [7, 11) is 0. The van der Waals surface area contributed by atoms with E-state index in [1.165, 1.54) is 12.4 Å². The Balaban J connectivity index is 1.51. The van der Waals surface area contributed by atoms with Gasteiger partial charge in [-0.3, -0.25) is 14.8 Å². The van der Waals surface area contributed by atoms with Crippen LogP contribution in [0.3, 0.4) is 0 Å². The number of anilines is 1. The van der Waals surface area contributed by atoms with E-state index in [2.05, 4.69) is 30.2 Å². The smallest absolute Gasteiger partial charge is 0.239 e. The molecule has 1 unspecified atom stereocenters. The summed E-state index contributed by atoms with van der Waals surface area (Å²) >= 11 is 0. The lowest BCUT2D eigenvalue weighted by Gasteiger charge is -2.14. The van der Waals surface area contributed by atoms with Gasteiger partial charge in [0.15, 0.2) is 6.39 Å². The Bertz CT molecular complexity index is 1420. The third-order valence-electron chi connectivity index (χ3n) is 5.30. The zero-order chi connectivity index (χ0) is 23.5. The number of nitrogens with zero attached hydrogens (tertiary/aromatic N) is 4. The van der Waals surface area contributed by atoms with E-state index in [9.17, 15) is 13.6 Å². The first kappa shape index (κ1) is 21.4. The van der Waals surface area contributed by atoms with Crippen LogP contribution in [0.5, 0.6) is 0 Å². The van der Waals surface area contributed by atoms with Crippen molar-refractivity contribution in [3.8, 4) is 22.5 Å². The molecular weight excluding hydrogens is 442 g/mol. The van der Waals surface area contributed by atoms with E-state index in [-0.39, 0.29) is 11.6 Å². The molecule has 5 aromatic heterocycles. The van der Waals surface area contributed by atoms with Crippen LogP contribution in [0, 0.1) is 0 Å². The quantitative estimate of drug-likeness (QED) is 0.352. The van der Waals surface area contributed by atoms with E-state index in [0.717, 1.165) is 34.4 Å². The van der Waals surface area contributed by atoms with Gasteiger partial charge >= 0.3 is 0 Å². The minimum Gasteiger partial charge on any atom is -0.448 e. The maximum absolute atomic E-state index is 13.1. The van der Waals surface area contributed by atoms with Crippen LogP contribution in [-0.2, 0) is 4.79 Å². The normalized spacial score (nSPS) is 12.2. The molecule has 170 valence electrons. The first-order valence-electron chi connectivity index (χ1n) is 10.4. The lowest BCUT2D eigenvalue weighted by molar-refractivity contribution is -0.119. The van der Waals surface area contributed by atoms with Crippen LogP contribution in [-0.4, -0.2) is 37.3 Å². The molecule has 0 fully saturated rings. The van der Waals surface area contributed by atoms with Crippen molar-refractivity contribution in [2.24, 2.45) is 0 Å². The molecule has 0 aliphatic heterocycles. The molecule has 1 atom stereocenters. The number of pyridine rings is 3. The van der Waals surface area contributed by atoms with Gasteiger partial charge in [-0.1, -0.05) is 6.07 Å².